The van der Waals surface area contributed by atoms with Crippen LogP contribution in [0.5, 0.6) is 5.75 Å². The normalized spacial score (nSPS) is 15.3. The van der Waals surface area contributed by atoms with E-state index in [1.165, 1.54) is 32.2 Å². The van der Waals surface area contributed by atoms with E-state index >= 15 is 0 Å². The number of thiocarbonyl (C=S) groups is 1. The van der Waals surface area contributed by atoms with Crippen molar-refractivity contribution in [2.24, 2.45) is 0 Å². The minimum absolute atomic E-state index is 0.0288. The molecule has 0 saturated heterocycles. The number of ether oxygens (including phenoxy) is 1. The third kappa shape index (κ3) is 6.23. The van der Waals surface area contributed by atoms with Crippen LogP contribution in [0, 0.1) is 0 Å². The predicted molar refractivity (Wildman–Crippen MR) is 133 cm³/mol. The Hall–Kier alpha value is -2.65. The van der Waals surface area contributed by atoms with E-state index in [9.17, 15) is 13.2 Å². The van der Waals surface area contributed by atoms with E-state index in [0.717, 1.165) is 25.7 Å². The number of amides is 1. The average Bonchev–Trinajstić information content (AvgIpc) is 2.83. The van der Waals surface area contributed by atoms with Gasteiger partial charge in [0, 0.05) is 19.0 Å². The third-order valence-electron chi connectivity index (χ3n) is 6.16. The van der Waals surface area contributed by atoms with Gasteiger partial charge in [-0.2, -0.15) is 0 Å². The van der Waals surface area contributed by atoms with Gasteiger partial charge in [0.25, 0.3) is 10.0 Å². The maximum atomic E-state index is 12.8. The molecule has 33 heavy (non-hydrogen) atoms. The Kier molecular flexibility index (Phi) is 8.31. The van der Waals surface area contributed by atoms with Gasteiger partial charge < -0.3 is 15.4 Å². The second-order valence-electron chi connectivity index (χ2n) is 8.33. The number of methoxy groups -OCH3 is 1. The van der Waals surface area contributed by atoms with E-state index < -0.39 is 10.0 Å². The van der Waals surface area contributed by atoms with Gasteiger partial charge in [-0.3, -0.25) is 9.52 Å². The van der Waals surface area contributed by atoms with E-state index in [1.807, 2.05) is 18.2 Å². The fourth-order valence-electron chi connectivity index (χ4n) is 4.37. The Morgan fingerprint density at radius 1 is 1.09 bits per heavy atom. The van der Waals surface area contributed by atoms with Gasteiger partial charge in [-0.25, -0.2) is 8.42 Å². The van der Waals surface area contributed by atoms with Gasteiger partial charge in [0.2, 0.25) is 5.91 Å². The van der Waals surface area contributed by atoms with Gasteiger partial charge in [-0.15, -0.1) is 0 Å². The first-order chi connectivity index (χ1) is 15.8. The van der Waals surface area contributed by atoms with Crippen LogP contribution >= 0.6 is 12.2 Å². The molecule has 1 aliphatic carbocycles. The number of hydrogen-bond donors (Lipinski definition) is 3. The highest BCUT2D eigenvalue weighted by Gasteiger charge is 2.34. The van der Waals surface area contributed by atoms with Crippen molar-refractivity contribution in [3.8, 4) is 5.75 Å². The second kappa shape index (κ2) is 11.0. The van der Waals surface area contributed by atoms with Crippen LogP contribution in [0.15, 0.2) is 53.4 Å². The standard InChI is InChI=1S/C24H31N3O4S2/c1-25-23(32)27-33(29,30)21-15-18(11-12-20(21)31-2)16-22(28)26-17-24(13-7-4-8-14-24)19-9-5-3-6-10-19/h3,5-6,9-12,15H,4,7-8,13-14,16-17H2,1-2H3,(H,26,28)(H2,25,27,32). The number of benzene rings is 2. The van der Waals surface area contributed by atoms with Crippen LogP contribution in [0.1, 0.15) is 43.2 Å². The SMILES string of the molecule is CNC(=S)NS(=O)(=O)c1cc(CC(=O)NCC2(c3ccccc3)CCCCC2)ccc1OC. The summed E-state index contributed by atoms with van der Waals surface area (Å²) in [5, 5.41) is 5.65. The maximum Gasteiger partial charge on any atom is 0.267 e. The van der Waals surface area contributed by atoms with Gasteiger partial charge in [-0.05, 0) is 48.3 Å². The lowest BCUT2D eigenvalue weighted by atomic mass is 9.69. The minimum Gasteiger partial charge on any atom is -0.495 e. The summed E-state index contributed by atoms with van der Waals surface area (Å²) >= 11 is 4.93. The molecule has 1 saturated carbocycles. The molecule has 0 heterocycles. The van der Waals surface area contributed by atoms with E-state index in [0.29, 0.717) is 12.1 Å². The first kappa shape index (κ1) is 25.0. The zero-order valence-electron chi connectivity index (χ0n) is 19.0. The fourth-order valence-corrected chi connectivity index (χ4v) is 5.88. The molecule has 3 rings (SSSR count). The summed E-state index contributed by atoms with van der Waals surface area (Å²) in [7, 11) is -1.04. The Bertz CT molecular complexity index is 1080. The minimum atomic E-state index is -3.96. The van der Waals surface area contributed by atoms with E-state index in [1.54, 1.807) is 12.1 Å². The van der Waals surface area contributed by atoms with Crippen molar-refractivity contribution < 1.29 is 17.9 Å². The summed E-state index contributed by atoms with van der Waals surface area (Å²) in [5.74, 6) is 0.0268. The molecule has 3 N–H and O–H groups in total. The van der Waals surface area contributed by atoms with Gasteiger partial charge in [-0.1, -0.05) is 55.7 Å². The molecular weight excluding hydrogens is 458 g/mol. The van der Waals surface area contributed by atoms with Crippen LogP contribution in [-0.2, 0) is 26.7 Å². The monoisotopic (exact) mass is 489 g/mol. The highest BCUT2D eigenvalue weighted by molar-refractivity contribution is 7.92. The van der Waals surface area contributed by atoms with Crippen molar-refractivity contribution in [2.45, 2.75) is 48.8 Å². The van der Waals surface area contributed by atoms with Gasteiger partial charge in [0.15, 0.2) is 5.11 Å². The first-order valence-electron chi connectivity index (χ1n) is 11.0. The Morgan fingerprint density at radius 3 is 2.42 bits per heavy atom. The summed E-state index contributed by atoms with van der Waals surface area (Å²) in [6.07, 6.45) is 5.65. The molecule has 2 aromatic rings. The Balaban J connectivity index is 1.74. The number of hydrogen-bond acceptors (Lipinski definition) is 5. The molecule has 2 aromatic carbocycles. The van der Waals surface area contributed by atoms with Crippen LogP contribution < -0.4 is 20.1 Å². The summed E-state index contributed by atoms with van der Waals surface area (Å²) in [6.45, 7) is 0.565. The van der Waals surface area contributed by atoms with Crippen LogP contribution in [0.2, 0.25) is 0 Å². The predicted octanol–water partition coefficient (Wildman–Crippen LogP) is 3.04. The summed E-state index contributed by atoms with van der Waals surface area (Å²) in [4.78, 5) is 12.8. The van der Waals surface area contributed by atoms with Crippen molar-refractivity contribution in [3.05, 3.63) is 59.7 Å². The van der Waals surface area contributed by atoms with Crippen molar-refractivity contribution in [3.63, 3.8) is 0 Å². The first-order valence-corrected chi connectivity index (χ1v) is 12.9. The Morgan fingerprint density at radius 2 is 1.79 bits per heavy atom. The topological polar surface area (TPSA) is 96.5 Å². The fraction of sp³-hybridized carbons (Fsp3) is 0.417. The quantitative estimate of drug-likeness (QED) is 0.493. The van der Waals surface area contributed by atoms with Crippen molar-refractivity contribution >= 4 is 33.3 Å². The zero-order chi connectivity index (χ0) is 23.9. The van der Waals surface area contributed by atoms with E-state index in [2.05, 4.69) is 27.5 Å². The molecule has 0 spiro atoms. The molecule has 0 radical (unpaired) electrons. The van der Waals surface area contributed by atoms with Gasteiger partial charge in [0.05, 0.1) is 13.5 Å². The van der Waals surface area contributed by atoms with E-state index in [4.69, 9.17) is 17.0 Å². The van der Waals surface area contributed by atoms with Crippen LogP contribution in [0.3, 0.4) is 0 Å². The summed E-state index contributed by atoms with van der Waals surface area (Å²) < 4.78 is 33.0. The molecule has 1 amide bonds. The lowest BCUT2D eigenvalue weighted by molar-refractivity contribution is -0.120. The number of sulfonamides is 1. The number of carbonyl (C=O) groups is 1. The Labute approximate surface area is 201 Å². The highest BCUT2D eigenvalue weighted by Crippen LogP contribution is 2.39. The number of rotatable bonds is 8. The molecule has 0 aromatic heterocycles. The maximum absolute atomic E-state index is 12.8. The van der Waals surface area contributed by atoms with Crippen molar-refractivity contribution in [1.82, 2.24) is 15.4 Å². The number of nitrogens with one attached hydrogen (secondary N) is 3. The highest BCUT2D eigenvalue weighted by atomic mass is 32.2. The van der Waals surface area contributed by atoms with Crippen LogP contribution in [-0.4, -0.2) is 40.1 Å². The molecule has 0 unspecified atom stereocenters. The third-order valence-corrected chi connectivity index (χ3v) is 7.96. The van der Waals surface area contributed by atoms with Crippen LogP contribution in [0.4, 0.5) is 0 Å². The molecule has 7 nitrogen and oxygen atoms in total. The molecular formula is C24H31N3O4S2. The van der Waals surface area contributed by atoms with Crippen LogP contribution in [0.25, 0.3) is 0 Å². The molecule has 9 heteroatoms. The molecule has 0 bridgehead atoms. The summed E-state index contributed by atoms with van der Waals surface area (Å²) in [6, 6.07) is 15.1. The lowest BCUT2D eigenvalue weighted by Crippen LogP contribution is -2.42. The van der Waals surface area contributed by atoms with E-state index in [-0.39, 0.29) is 33.5 Å². The largest absolute Gasteiger partial charge is 0.495 e. The van der Waals surface area contributed by atoms with Crippen molar-refractivity contribution in [2.75, 3.05) is 20.7 Å². The average molecular weight is 490 g/mol. The molecule has 0 aliphatic heterocycles. The summed E-state index contributed by atoms with van der Waals surface area (Å²) in [5.41, 5.74) is 1.77. The molecule has 1 aliphatic rings. The zero-order valence-corrected chi connectivity index (χ0v) is 20.7. The second-order valence-corrected chi connectivity index (χ2v) is 10.4. The molecule has 0 atom stereocenters. The number of carbonyl (C=O) groups excluding carboxylic acids is 1. The molecule has 1 fully saturated rings. The molecule has 178 valence electrons. The van der Waals surface area contributed by atoms with Crippen molar-refractivity contribution in [1.29, 1.82) is 0 Å². The van der Waals surface area contributed by atoms with Gasteiger partial charge in [0.1, 0.15) is 10.6 Å². The lowest BCUT2D eigenvalue weighted by Gasteiger charge is -2.38. The van der Waals surface area contributed by atoms with Gasteiger partial charge >= 0.3 is 0 Å². The smallest absolute Gasteiger partial charge is 0.267 e.